The van der Waals surface area contributed by atoms with Crippen molar-refractivity contribution in [3.05, 3.63) is 177 Å². The van der Waals surface area contributed by atoms with E-state index in [4.69, 9.17) is 29.2 Å². The lowest BCUT2D eigenvalue weighted by atomic mass is 10.1. The number of nitrogens with zero attached hydrogens (tertiary/aromatic N) is 15. The third-order valence-electron chi connectivity index (χ3n) is 21.8. The summed E-state index contributed by atoms with van der Waals surface area (Å²) in [4.78, 5) is 84.1. The van der Waals surface area contributed by atoms with E-state index >= 15 is 0 Å². The van der Waals surface area contributed by atoms with Crippen LogP contribution in [0, 0.1) is 38.2 Å². The molecule has 6 saturated heterocycles. The zero-order valence-electron chi connectivity index (χ0n) is 65.3. The van der Waals surface area contributed by atoms with Crippen molar-refractivity contribution >= 4 is 85.3 Å². The second kappa shape index (κ2) is 36.1. The Bertz CT molecular complexity index is 4580. The Morgan fingerprint density at radius 2 is 0.658 bits per heavy atom. The van der Waals surface area contributed by atoms with Gasteiger partial charge >= 0.3 is 18.5 Å². The van der Waals surface area contributed by atoms with E-state index in [0.717, 1.165) is 16.7 Å². The Morgan fingerprint density at radius 1 is 0.402 bits per heavy atom. The molecule has 6 fully saturated rings. The maximum Gasteiger partial charge on any atom is 0.405 e. The van der Waals surface area contributed by atoms with Crippen molar-refractivity contribution in [3.8, 4) is 0 Å². The summed E-state index contributed by atoms with van der Waals surface area (Å²) in [6, 6.07) is 18.9. The number of piperazine rings is 3. The number of aromatic nitrogens is 6. The first kappa shape index (κ1) is 84.4. The number of hydrogen-bond donors (Lipinski definition) is 3. The highest BCUT2D eigenvalue weighted by atomic mass is 19.4. The van der Waals surface area contributed by atoms with Gasteiger partial charge in [0.2, 0.25) is 0 Å². The van der Waals surface area contributed by atoms with Crippen molar-refractivity contribution in [1.29, 1.82) is 0 Å². The van der Waals surface area contributed by atoms with E-state index < -0.39 is 74.0 Å². The van der Waals surface area contributed by atoms with E-state index in [1.54, 1.807) is 115 Å². The van der Waals surface area contributed by atoms with E-state index in [0.29, 0.717) is 183 Å². The molecular weight excluding hydrogens is 1550 g/mol. The molecule has 0 aliphatic carbocycles. The van der Waals surface area contributed by atoms with Gasteiger partial charge in [0.15, 0.2) is 0 Å². The predicted octanol–water partition coefficient (Wildman–Crippen LogP) is 10.6. The Hall–Kier alpha value is -10.5. The van der Waals surface area contributed by atoms with Gasteiger partial charge in [-0.2, -0.15) is 39.5 Å². The van der Waals surface area contributed by atoms with Crippen LogP contribution in [0.4, 0.5) is 87.2 Å². The monoisotopic (exact) mass is 1640 g/mol. The highest BCUT2D eigenvalue weighted by Gasteiger charge is 2.46. The number of carbonyl (C=O) groups excluding carboxylic acids is 3. The van der Waals surface area contributed by atoms with Crippen molar-refractivity contribution in [2.75, 3.05) is 188 Å². The van der Waals surface area contributed by atoms with Crippen molar-refractivity contribution in [3.63, 3.8) is 0 Å². The number of ether oxygens (including phenoxy) is 3. The first-order valence-electron chi connectivity index (χ1n) is 38.4. The van der Waals surface area contributed by atoms with Crippen molar-refractivity contribution in [1.82, 2.24) is 60.6 Å². The molecule has 0 spiro atoms. The van der Waals surface area contributed by atoms with E-state index in [2.05, 4.69) is 45.6 Å². The molecule has 9 heterocycles. The zero-order chi connectivity index (χ0) is 83.2. The Labute approximate surface area is 667 Å². The first-order chi connectivity index (χ1) is 55.8. The molecule has 6 aliphatic heterocycles. The van der Waals surface area contributed by atoms with Gasteiger partial charge in [0.1, 0.15) is 69.6 Å². The number of nitrogens with one attached hydrogen (secondary N) is 3. The fourth-order valence-electron chi connectivity index (χ4n) is 14.8. The molecule has 0 bridgehead atoms. The van der Waals surface area contributed by atoms with Crippen LogP contribution in [0.5, 0.6) is 0 Å². The number of halogens is 12. The van der Waals surface area contributed by atoms with Gasteiger partial charge in [-0.25, -0.2) is 28.1 Å². The van der Waals surface area contributed by atoms with Crippen LogP contribution < -0.4 is 45.3 Å². The molecule has 0 saturated carbocycles. The number of alkyl halides is 9. The average molecular weight is 1640 g/mol. The summed E-state index contributed by atoms with van der Waals surface area (Å²) in [7, 11) is 5.42. The van der Waals surface area contributed by atoms with Crippen LogP contribution in [-0.4, -0.2) is 258 Å². The van der Waals surface area contributed by atoms with Crippen LogP contribution >= 0.6 is 0 Å². The van der Waals surface area contributed by atoms with E-state index in [-0.39, 0.29) is 73.4 Å². The summed E-state index contributed by atoms with van der Waals surface area (Å²) < 4.78 is 179. The summed E-state index contributed by atoms with van der Waals surface area (Å²) >= 11 is 0. The average Bonchev–Trinajstić information content (AvgIpc) is 0.778. The minimum absolute atomic E-state index is 0.0395. The van der Waals surface area contributed by atoms with Crippen LogP contribution in [0.3, 0.4) is 0 Å². The molecule has 36 heteroatoms. The molecule has 117 heavy (non-hydrogen) atoms. The molecular formula is C81H90F12N18O6. The van der Waals surface area contributed by atoms with Gasteiger partial charge in [0, 0.05) is 156 Å². The Balaban J connectivity index is 0.000000152. The summed E-state index contributed by atoms with van der Waals surface area (Å²) in [6.45, 7) is 12.6. The zero-order valence-corrected chi connectivity index (χ0v) is 65.3. The molecule has 3 unspecified atom stereocenters. The van der Waals surface area contributed by atoms with Crippen LogP contribution in [0.15, 0.2) is 110 Å². The summed E-state index contributed by atoms with van der Waals surface area (Å²) in [6.07, 6.45) is -8.49. The third kappa shape index (κ3) is 19.9. The van der Waals surface area contributed by atoms with E-state index in [1.165, 1.54) is 32.9 Å². The number of benzene rings is 6. The van der Waals surface area contributed by atoms with Crippen molar-refractivity contribution in [2.45, 2.75) is 77.1 Å². The molecule has 3 aromatic heterocycles. The summed E-state index contributed by atoms with van der Waals surface area (Å²) in [5, 5.41) is 7.31. The summed E-state index contributed by atoms with van der Waals surface area (Å²) in [5.74, 6) is -0.495. The molecule has 9 aromatic rings. The molecule has 15 rings (SSSR count). The maximum absolute atomic E-state index is 14.2. The number of morpholine rings is 3. The quantitative estimate of drug-likeness (QED) is 0.0812. The molecule has 6 aliphatic rings. The lowest BCUT2D eigenvalue weighted by molar-refractivity contribution is -0.163. The summed E-state index contributed by atoms with van der Waals surface area (Å²) in [5.41, 5.74) is 9.15. The highest BCUT2D eigenvalue weighted by molar-refractivity contribution is 6.04. The van der Waals surface area contributed by atoms with Gasteiger partial charge in [-0.3, -0.25) is 29.3 Å². The van der Waals surface area contributed by atoms with Crippen LogP contribution in [0.25, 0.3) is 33.1 Å². The van der Waals surface area contributed by atoms with Gasteiger partial charge in [-0.1, -0.05) is 36.4 Å². The second-order valence-electron chi connectivity index (χ2n) is 29.6. The van der Waals surface area contributed by atoms with E-state index in [1.807, 2.05) is 32.9 Å². The first-order valence-corrected chi connectivity index (χ1v) is 38.4. The smallest absolute Gasteiger partial charge is 0.378 e. The number of fused-ring (bicyclic) bond motifs is 3. The number of carbonyl (C=O) groups is 3. The minimum Gasteiger partial charge on any atom is -0.378 e. The van der Waals surface area contributed by atoms with Gasteiger partial charge in [-0.15, -0.1) is 0 Å². The molecule has 24 nitrogen and oxygen atoms in total. The SMILES string of the molecule is Cc1c(F)cccc1CN(C)c1cc(C(=O)N2CCNC(C(F)(F)F)C2)cc2ncc(N3CCOCC3)nc12.Cc1c(F)cccc1CN(C)c1cc(C(=O)N2CCNC(C(F)(F)F)C2)cc2ncc(N3CCOCC3)nc12.Cc1c(F)cccc1CN(C)c1cc(C(=O)N2CCNC(C(F)(F)F)C2)cc2ncc(N3CCOCC3)nc12. The van der Waals surface area contributed by atoms with Crippen molar-refractivity contribution < 1.29 is 81.3 Å². The standard InChI is InChI=1S/3C27H30F4N6O2/c3*1-17-18(4-3-5-20(17)28)15-35(2)22-13-19(26(38)37-7-6-32-23(16-37)27(29,30)31)12-21-25(22)34-24(14-33-21)36-8-10-39-11-9-36/h3*3-5,12-14,23,32H,6-11,15-16H2,1-2H3. The maximum atomic E-state index is 14.2. The molecule has 3 amide bonds. The second-order valence-corrected chi connectivity index (χ2v) is 29.6. The number of anilines is 6. The topological polar surface area (TPSA) is 221 Å². The fraction of sp³-hybridized carbons (Fsp3) is 0.444. The van der Waals surface area contributed by atoms with E-state index in [9.17, 15) is 67.1 Å². The molecule has 3 atom stereocenters. The largest absolute Gasteiger partial charge is 0.405 e. The van der Waals surface area contributed by atoms with Crippen molar-refractivity contribution in [2.24, 2.45) is 0 Å². The minimum atomic E-state index is -4.46. The van der Waals surface area contributed by atoms with Gasteiger partial charge < -0.3 is 74.3 Å². The van der Waals surface area contributed by atoms with Gasteiger partial charge in [0.05, 0.1) is 91.8 Å². The van der Waals surface area contributed by atoms with Gasteiger partial charge in [0.25, 0.3) is 17.7 Å². The van der Waals surface area contributed by atoms with Crippen LogP contribution in [0.1, 0.15) is 64.5 Å². The lowest BCUT2D eigenvalue weighted by Crippen LogP contribution is -2.58. The highest BCUT2D eigenvalue weighted by Crippen LogP contribution is 2.37. The molecule has 6 aromatic carbocycles. The van der Waals surface area contributed by atoms with Crippen LogP contribution in [-0.2, 0) is 33.8 Å². The Morgan fingerprint density at radius 3 is 0.906 bits per heavy atom. The number of rotatable bonds is 15. The molecule has 624 valence electrons. The third-order valence-corrected chi connectivity index (χ3v) is 21.8. The predicted molar refractivity (Wildman–Crippen MR) is 419 cm³/mol. The van der Waals surface area contributed by atoms with Crippen LogP contribution in [0.2, 0.25) is 0 Å². The molecule has 3 N–H and O–H groups in total. The number of hydrogen-bond acceptors (Lipinski definition) is 21. The molecule has 0 radical (unpaired) electrons. The lowest BCUT2D eigenvalue weighted by Gasteiger charge is -2.35. The number of amides is 3. The van der Waals surface area contributed by atoms with Gasteiger partial charge in [-0.05, 0) is 109 Å². The normalized spacial score (nSPS) is 18.5. The Kier molecular flexibility index (Phi) is 26.1. The fourth-order valence-corrected chi connectivity index (χ4v) is 14.8.